The zero-order chi connectivity index (χ0) is 20.9. The van der Waals surface area contributed by atoms with Crippen LogP contribution in [0.5, 0.6) is 5.75 Å². The third-order valence-corrected chi connectivity index (χ3v) is 8.14. The van der Waals surface area contributed by atoms with Crippen molar-refractivity contribution in [3.05, 3.63) is 29.3 Å². The van der Waals surface area contributed by atoms with Crippen molar-refractivity contribution in [1.82, 2.24) is 0 Å². The molecule has 1 atom stereocenters. The monoisotopic (exact) mass is 412 g/mol. The summed E-state index contributed by atoms with van der Waals surface area (Å²) in [6.45, 7) is 15.5. The number of rotatable bonds is 9. The molecule has 3 nitrogen and oxygen atoms in total. The molecule has 1 aromatic carbocycles. The van der Waals surface area contributed by atoms with Crippen LogP contribution in [0.2, 0.25) is 6.04 Å². The van der Waals surface area contributed by atoms with E-state index >= 15 is 0 Å². The van der Waals surface area contributed by atoms with Gasteiger partial charge in [-0.2, -0.15) is 12.6 Å². The van der Waals surface area contributed by atoms with Crippen molar-refractivity contribution in [1.29, 1.82) is 0 Å². The van der Waals surface area contributed by atoms with Crippen LogP contribution in [0.25, 0.3) is 0 Å². The van der Waals surface area contributed by atoms with E-state index in [2.05, 4.69) is 66.7 Å². The quantitative estimate of drug-likeness (QED) is 0.376. The van der Waals surface area contributed by atoms with Crippen LogP contribution in [0.3, 0.4) is 0 Å². The standard InChI is InChI=1S/C22H40O3SSi/c1-10-11-18(26)14-15-27(23-8,24-9)25-20-13-12-17(21(2,3)4)16-19(20)22(5,6)7/h12-13,16,18,26H,10-11,14-15H2,1-9H3. The SMILES string of the molecule is CCCC(S)CC[Si](OC)(OC)Oc1ccc(C(C)(C)C)cc1C(C)(C)C. The van der Waals surface area contributed by atoms with Crippen molar-refractivity contribution in [2.24, 2.45) is 0 Å². The van der Waals surface area contributed by atoms with Crippen LogP contribution in [-0.4, -0.2) is 28.3 Å². The Bertz CT molecular complexity index is 586. The molecule has 0 aliphatic heterocycles. The fraction of sp³-hybridized carbons (Fsp3) is 0.727. The van der Waals surface area contributed by atoms with Gasteiger partial charge in [0.15, 0.2) is 0 Å². The number of thiol groups is 1. The van der Waals surface area contributed by atoms with E-state index in [1.807, 2.05) is 0 Å². The second kappa shape index (κ2) is 9.81. The summed E-state index contributed by atoms with van der Waals surface area (Å²) in [6, 6.07) is 7.29. The highest BCUT2D eigenvalue weighted by Crippen LogP contribution is 2.37. The van der Waals surface area contributed by atoms with Gasteiger partial charge in [-0.25, -0.2) is 0 Å². The van der Waals surface area contributed by atoms with E-state index in [-0.39, 0.29) is 10.8 Å². The summed E-state index contributed by atoms with van der Waals surface area (Å²) < 4.78 is 18.2. The van der Waals surface area contributed by atoms with Crippen LogP contribution < -0.4 is 4.43 Å². The Morgan fingerprint density at radius 1 is 0.963 bits per heavy atom. The average molecular weight is 413 g/mol. The highest BCUT2D eigenvalue weighted by Gasteiger charge is 2.42. The molecular weight excluding hydrogens is 372 g/mol. The van der Waals surface area contributed by atoms with Gasteiger partial charge in [0.25, 0.3) is 0 Å². The van der Waals surface area contributed by atoms with Gasteiger partial charge in [0.2, 0.25) is 0 Å². The lowest BCUT2D eigenvalue weighted by molar-refractivity contribution is 0.158. The third kappa shape index (κ3) is 7.12. The second-order valence-electron chi connectivity index (χ2n) is 9.39. The molecule has 0 N–H and O–H groups in total. The smallest absolute Gasteiger partial charge is 0.500 e. The molecule has 0 fully saturated rings. The molecule has 0 bridgehead atoms. The van der Waals surface area contributed by atoms with E-state index in [9.17, 15) is 0 Å². The summed E-state index contributed by atoms with van der Waals surface area (Å²) in [5, 5.41) is 0.348. The van der Waals surface area contributed by atoms with Crippen LogP contribution in [0.15, 0.2) is 18.2 Å². The van der Waals surface area contributed by atoms with E-state index in [0.29, 0.717) is 5.25 Å². The third-order valence-electron chi connectivity index (χ3n) is 4.95. The summed E-state index contributed by atoms with van der Waals surface area (Å²) in [5.41, 5.74) is 2.55. The highest BCUT2D eigenvalue weighted by atomic mass is 32.1. The second-order valence-corrected chi connectivity index (χ2v) is 13.0. The van der Waals surface area contributed by atoms with Gasteiger partial charge in [-0.15, -0.1) is 0 Å². The van der Waals surface area contributed by atoms with Crippen molar-refractivity contribution in [3.63, 3.8) is 0 Å². The van der Waals surface area contributed by atoms with Crippen LogP contribution in [-0.2, 0) is 19.7 Å². The Morgan fingerprint density at radius 2 is 1.56 bits per heavy atom. The largest absolute Gasteiger partial charge is 0.565 e. The van der Waals surface area contributed by atoms with Gasteiger partial charge in [0.1, 0.15) is 5.75 Å². The first kappa shape index (κ1) is 24.5. The van der Waals surface area contributed by atoms with E-state index in [0.717, 1.165) is 31.1 Å². The Labute approximate surface area is 174 Å². The Kier molecular flexibility index (Phi) is 8.92. The molecule has 0 aliphatic rings. The first-order valence-corrected chi connectivity index (χ1v) is 12.5. The summed E-state index contributed by atoms with van der Waals surface area (Å²) in [5.74, 6) is 0.872. The molecule has 5 heteroatoms. The van der Waals surface area contributed by atoms with Gasteiger partial charge < -0.3 is 13.3 Å². The van der Waals surface area contributed by atoms with Crippen LogP contribution in [0, 0.1) is 0 Å². The van der Waals surface area contributed by atoms with Gasteiger partial charge in [0.05, 0.1) is 0 Å². The summed E-state index contributed by atoms with van der Waals surface area (Å²) in [4.78, 5) is 0. The molecule has 0 aromatic heterocycles. The Morgan fingerprint density at radius 3 is 2.00 bits per heavy atom. The lowest BCUT2D eigenvalue weighted by atomic mass is 9.80. The first-order valence-electron chi connectivity index (χ1n) is 10.0. The number of benzene rings is 1. The zero-order valence-electron chi connectivity index (χ0n) is 18.8. The average Bonchev–Trinajstić information content (AvgIpc) is 2.57. The number of hydrogen-bond donors (Lipinski definition) is 1. The van der Waals surface area contributed by atoms with Crippen molar-refractivity contribution in [2.75, 3.05) is 14.2 Å². The van der Waals surface area contributed by atoms with Gasteiger partial charge in [-0.3, -0.25) is 0 Å². The van der Waals surface area contributed by atoms with E-state index in [4.69, 9.17) is 25.9 Å². The van der Waals surface area contributed by atoms with Crippen LogP contribution in [0.1, 0.15) is 78.9 Å². The highest BCUT2D eigenvalue weighted by molar-refractivity contribution is 7.80. The minimum atomic E-state index is -2.80. The summed E-state index contributed by atoms with van der Waals surface area (Å²) in [7, 11) is 0.597. The molecule has 0 radical (unpaired) electrons. The van der Waals surface area contributed by atoms with Crippen molar-refractivity contribution in [3.8, 4) is 5.75 Å². The van der Waals surface area contributed by atoms with Crippen LogP contribution >= 0.6 is 12.6 Å². The molecule has 1 aromatic rings. The summed E-state index contributed by atoms with van der Waals surface area (Å²) in [6.07, 6.45) is 3.15. The molecule has 0 aliphatic carbocycles. The fourth-order valence-corrected chi connectivity index (χ4v) is 5.77. The van der Waals surface area contributed by atoms with Crippen molar-refractivity contribution < 1.29 is 13.3 Å². The van der Waals surface area contributed by atoms with Gasteiger partial charge in [0, 0.05) is 25.5 Å². The Balaban J connectivity index is 3.21. The lowest BCUT2D eigenvalue weighted by Gasteiger charge is -2.32. The topological polar surface area (TPSA) is 27.7 Å². The van der Waals surface area contributed by atoms with Crippen molar-refractivity contribution in [2.45, 2.75) is 89.9 Å². The molecular formula is C22H40O3SSi. The van der Waals surface area contributed by atoms with E-state index < -0.39 is 8.80 Å². The predicted molar refractivity (Wildman–Crippen MR) is 121 cm³/mol. The van der Waals surface area contributed by atoms with E-state index in [1.165, 1.54) is 11.1 Å². The molecule has 0 saturated carbocycles. The lowest BCUT2D eigenvalue weighted by Crippen LogP contribution is -2.47. The Hall–Kier alpha value is -0.493. The van der Waals surface area contributed by atoms with Gasteiger partial charge in [-0.1, -0.05) is 67.0 Å². The van der Waals surface area contributed by atoms with Crippen molar-refractivity contribution >= 4 is 21.4 Å². The van der Waals surface area contributed by atoms with Gasteiger partial charge >= 0.3 is 8.80 Å². The van der Waals surface area contributed by atoms with E-state index in [1.54, 1.807) is 14.2 Å². The maximum atomic E-state index is 6.51. The normalized spacial score (nSPS) is 14.3. The maximum Gasteiger partial charge on any atom is 0.565 e. The van der Waals surface area contributed by atoms with Crippen LogP contribution in [0.4, 0.5) is 0 Å². The predicted octanol–water partition coefficient (Wildman–Crippen LogP) is 6.38. The minimum absolute atomic E-state index is 0.0352. The molecule has 0 saturated heterocycles. The minimum Gasteiger partial charge on any atom is -0.500 e. The molecule has 1 rings (SSSR count). The number of hydrogen-bond acceptors (Lipinski definition) is 4. The maximum absolute atomic E-state index is 6.51. The summed E-state index contributed by atoms with van der Waals surface area (Å²) >= 11 is 4.69. The zero-order valence-corrected chi connectivity index (χ0v) is 20.7. The molecule has 0 heterocycles. The fourth-order valence-electron chi connectivity index (χ4n) is 3.08. The first-order chi connectivity index (χ1) is 12.4. The molecule has 0 spiro atoms. The van der Waals surface area contributed by atoms with Gasteiger partial charge in [-0.05, 0) is 40.9 Å². The molecule has 1 unspecified atom stereocenters. The molecule has 27 heavy (non-hydrogen) atoms. The molecule has 0 amide bonds. The molecule has 156 valence electrons.